The number of fused-ring (bicyclic) bond motifs is 1. The molecule has 0 spiro atoms. The first-order valence-electron chi connectivity index (χ1n) is 9.78. The Labute approximate surface area is 160 Å². The van der Waals surface area contributed by atoms with E-state index in [9.17, 15) is 4.79 Å². The van der Waals surface area contributed by atoms with Gasteiger partial charge in [-0.2, -0.15) is 11.3 Å². The van der Waals surface area contributed by atoms with Crippen LogP contribution in [0, 0.1) is 0 Å². The van der Waals surface area contributed by atoms with Crippen molar-refractivity contribution >= 4 is 17.2 Å². The number of piperidine rings is 1. The molecular formula is C22H28N2OS. The van der Waals surface area contributed by atoms with E-state index in [-0.39, 0.29) is 5.91 Å². The summed E-state index contributed by atoms with van der Waals surface area (Å²) in [6, 6.07) is 12.0. The number of hydrogen-bond acceptors (Lipinski definition) is 3. The van der Waals surface area contributed by atoms with Gasteiger partial charge in [0.15, 0.2) is 0 Å². The van der Waals surface area contributed by atoms with Crippen LogP contribution in [-0.2, 0) is 24.1 Å². The van der Waals surface area contributed by atoms with Gasteiger partial charge in [-0.15, -0.1) is 0 Å². The highest BCUT2D eigenvalue weighted by atomic mass is 32.1. The summed E-state index contributed by atoms with van der Waals surface area (Å²) in [5.74, 6) is 0.290. The molecule has 3 nitrogen and oxygen atoms in total. The van der Waals surface area contributed by atoms with Gasteiger partial charge >= 0.3 is 0 Å². The number of carbonyl (C=O) groups is 1. The monoisotopic (exact) mass is 368 g/mol. The number of aryl methyl sites for hydroxylation is 1. The SMILES string of the molecule is CN(C(=O)CCc1ccsc1)C1CCCN(C2Cc3ccccc3C2)C1. The minimum absolute atomic E-state index is 0.290. The second-order valence-electron chi connectivity index (χ2n) is 7.76. The quantitative estimate of drug-likeness (QED) is 0.802. The van der Waals surface area contributed by atoms with Crippen molar-refractivity contribution in [1.29, 1.82) is 0 Å². The Bertz CT molecular complexity index is 717. The Balaban J connectivity index is 1.32. The van der Waals surface area contributed by atoms with E-state index in [1.54, 1.807) is 11.3 Å². The lowest BCUT2D eigenvalue weighted by Gasteiger charge is -2.40. The number of likely N-dealkylation sites (tertiary alicyclic amines) is 1. The molecule has 0 N–H and O–H groups in total. The molecule has 2 aromatic rings. The largest absolute Gasteiger partial charge is 0.341 e. The van der Waals surface area contributed by atoms with Crippen molar-refractivity contribution in [2.75, 3.05) is 20.1 Å². The van der Waals surface area contributed by atoms with Crippen LogP contribution in [-0.4, -0.2) is 47.9 Å². The molecule has 1 fully saturated rings. The summed E-state index contributed by atoms with van der Waals surface area (Å²) in [4.78, 5) is 17.3. The second kappa shape index (κ2) is 7.93. The highest BCUT2D eigenvalue weighted by molar-refractivity contribution is 7.07. The maximum absolute atomic E-state index is 12.7. The van der Waals surface area contributed by atoms with Gasteiger partial charge in [-0.1, -0.05) is 24.3 Å². The fraction of sp³-hybridized carbons (Fsp3) is 0.500. The van der Waals surface area contributed by atoms with Gasteiger partial charge in [-0.25, -0.2) is 0 Å². The van der Waals surface area contributed by atoms with E-state index in [0.717, 1.165) is 19.4 Å². The molecule has 26 heavy (non-hydrogen) atoms. The number of rotatable bonds is 5. The molecule has 4 rings (SSSR count). The number of carbonyl (C=O) groups excluding carboxylic acids is 1. The molecule has 1 unspecified atom stereocenters. The average Bonchev–Trinajstić information content (AvgIpc) is 3.35. The lowest BCUT2D eigenvalue weighted by Crippen LogP contribution is -2.51. The predicted octanol–water partition coefficient (Wildman–Crippen LogP) is 3.77. The summed E-state index contributed by atoms with van der Waals surface area (Å²) in [5.41, 5.74) is 4.31. The molecule has 1 amide bonds. The van der Waals surface area contributed by atoms with Crippen molar-refractivity contribution in [3.63, 3.8) is 0 Å². The van der Waals surface area contributed by atoms with Crippen molar-refractivity contribution < 1.29 is 4.79 Å². The van der Waals surface area contributed by atoms with Crippen LogP contribution >= 0.6 is 11.3 Å². The predicted molar refractivity (Wildman–Crippen MR) is 108 cm³/mol. The summed E-state index contributed by atoms with van der Waals surface area (Å²) in [5, 5.41) is 4.23. The van der Waals surface area contributed by atoms with Crippen LogP contribution in [0.1, 0.15) is 36.0 Å². The first kappa shape index (κ1) is 17.7. The third kappa shape index (κ3) is 3.86. The molecule has 1 aromatic carbocycles. The minimum atomic E-state index is 0.290. The van der Waals surface area contributed by atoms with E-state index in [4.69, 9.17) is 0 Å². The van der Waals surface area contributed by atoms with Gasteiger partial charge in [0.2, 0.25) is 5.91 Å². The van der Waals surface area contributed by atoms with Crippen LogP contribution < -0.4 is 0 Å². The molecular weight excluding hydrogens is 340 g/mol. The minimum Gasteiger partial charge on any atom is -0.341 e. The number of benzene rings is 1. The van der Waals surface area contributed by atoms with Crippen LogP contribution in [0.5, 0.6) is 0 Å². The van der Waals surface area contributed by atoms with Crippen molar-refractivity contribution in [2.45, 2.75) is 50.6 Å². The third-order valence-corrected chi connectivity index (χ3v) is 6.85. The molecule has 4 heteroatoms. The summed E-state index contributed by atoms with van der Waals surface area (Å²) >= 11 is 1.71. The van der Waals surface area contributed by atoms with Gasteiger partial charge in [0.1, 0.15) is 0 Å². The first-order chi connectivity index (χ1) is 12.7. The van der Waals surface area contributed by atoms with Crippen molar-refractivity contribution in [1.82, 2.24) is 9.80 Å². The van der Waals surface area contributed by atoms with E-state index in [0.29, 0.717) is 18.5 Å². The van der Waals surface area contributed by atoms with Gasteiger partial charge in [-0.05, 0) is 72.2 Å². The zero-order chi connectivity index (χ0) is 17.9. The maximum atomic E-state index is 12.7. The molecule has 0 bridgehead atoms. The first-order valence-corrected chi connectivity index (χ1v) is 10.7. The second-order valence-corrected chi connectivity index (χ2v) is 8.54. The van der Waals surface area contributed by atoms with E-state index >= 15 is 0 Å². The maximum Gasteiger partial charge on any atom is 0.222 e. The van der Waals surface area contributed by atoms with Gasteiger partial charge in [0.25, 0.3) is 0 Å². The van der Waals surface area contributed by atoms with Gasteiger partial charge in [0.05, 0.1) is 0 Å². The third-order valence-electron chi connectivity index (χ3n) is 6.12. The van der Waals surface area contributed by atoms with Crippen molar-refractivity contribution in [3.8, 4) is 0 Å². The Hall–Kier alpha value is -1.65. The van der Waals surface area contributed by atoms with Crippen LogP contribution in [0.25, 0.3) is 0 Å². The Morgan fingerprint density at radius 2 is 2.00 bits per heavy atom. The lowest BCUT2D eigenvalue weighted by molar-refractivity contribution is -0.133. The fourth-order valence-electron chi connectivity index (χ4n) is 4.49. The summed E-state index contributed by atoms with van der Waals surface area (Å²) < 4.78 is 0. The molecule has 1 aliphatic carbocycles. The molecule has 1 aromatic heterocycles. The van der Waals surface area contributed by atoms with E-state index in [1.165, 1.54) is 42.5 Å². The lowest BCUT2D eigenvalue weighted by atomic mass is 10.0. The number of nitrogens with zero attached hydrogens (tertiary/aromatic N) is 2. The van der Waals surface area contributed by atoms with Crippen molar-refractivity contribution in [2.24, 2.45) is 0 Å². The molecule has 0 saturated carbocycles. The van der Waals surface area contributed by atoms with Crippen molar-refractivity contribution in [3.05, 3.63) is 57.8 Å². The summed E-state index contributed by atoms with van der Waals surface area (Å²) in [7, 11) is 2.01. The molecule has 1 saturated heterocycles. The smallest absolute Gasteiger partial charge is 0.222 e. The van der Waals surface area contributed by atoms with E-state index < -0.39 is 0 Å². The highest BCUT2D eigenvalue weighted by Gasteiger charge is 2.32. The van der Waals surface area contributed by atoms with Gasteiger partial charge < -0.3 is 4.90 Å². The molecule has 2 aliphatic rings. The molecule has 0 radical (unpaired) electrons. The Morgan fingerprint density at radius 3 is 2.69 bits per heavy atom. The molecule has 1 atom stereocenters. The Kier molecular flexibility index (Phi) is 5.41. The number of thiophene rings is 1. The molecule has 138 valence electrons. The number of amides is 1. The van der Waals surface area contributed by atoms with Gasteiger partial charge in [-0.3, -0.25) is 9.69 Å². The topological polar surface area (TPSA) is 23.6 Å². The van der Waals surface area contributed by atoms with E-state index in [1.807, 2.05) is 11.9 Å². The average molecular weight is 369 g/mol. The highest BCUT2D eigenvalue weighted by Crippen LogP contribution is 2.28. The zero-order valence-corrected chi connectivity index (χ0v) is 16.4. The van der Waals surface area contributed by atoms with Gasteiger partial charge in [0, 0.05) is 32.1 Å². The standard InChI is InChI=1S/C22H28N2OS/c1-23(22(25)9-8-17-10-12-26-16-17)20-7-4-11-24(15-20)21-13-18-5-2-3-6-19(18)14-21/h2-3,5-6,10,12,16,20-21H,4,7-9,11,13-15H2,1H3. The molecule has 2 heterocycles. The van der Waals surface area contributed by atoms with E-state index in [2.05, 4.69) is 46.0 Å². The van der Waals surface area contributed by atoms with Crippen LogP contribution in [0.2, 0.25) is 0 Å². The zero-order valence-electron chi connectivity index (χ0n) is 15.6. The summed E-state index contributed by atoms with van der Waals surface area (Å²) in [6.07, 6.45) is 6.15. The van der Waals surface area contributed by atoms with Crippen LogP contribution in [0.15, 0.2) is 41.1 Å². The van der Waals surface area contributed by atoms with Crippen LogP contribution in [0.3, 0.4) is 0 Å². The fourth-order valence-corrected chi connectivity index (χ4v) is 5.19. The number of hydrogen-bond donors (Lipinski definition) is 0. The van der Waals surface area contributed by atoms with Crippen LogP contribution in [0.4, 0.5) is 0 Å². The summed E-state index contributed by atoms with van der Waals surface area (Å²) in [6.45, 7) is 2.20. The number of likely N-dealkylation sites (N-methyl/N-ethyl adjacent to an activating group) is 1. The normalized spacial score (nSPS) is 20.9. The Morgan fingerprint density at radius 1 is 1.23 bits per heavy atom. The molecule has 1 aliphatic heterocycles.